The number of aryl methyl sites for hydroxylation is 1. The van der Waals surface area contributed by atoms with Gasteiger partial charge in [0.25, 0.3) is 6.20 Å². The molecule has 0 aliphatic carbocycles. The van der Waals surface area contributed by atoms with Crippen LogP contribution in [-0.2, 0) is 11.8 Å². The van der Waals surface area contributed by atoms with Crippen molar-refractivity contribution in [2.75, 3.05) is 29.2 Å². The molecule has 8 nitrogen and oxygen atoms in total. The van der Waals surface area contributed by atoms with Crippen LogP contribution in [-0.4, -0.2) is 39.6 Å². The molecule has 22 heavy (non-hydrogen) atoms. The van der Waals surface area contributed by atoms with Gasteiger partial charge in [-0.25, -0.2) is 4.98 Å². The summed E-state index contributed by atoms with van der Waals surface area (Å²) in [6, 6.07) is 0. The fraction of sp³-hybridized carbons (Fsp3) is 0.538. The predicted octanol–water partition coefficient (Wildman–Crippen LogP) is 0.548. The minimum Gasteiger partial charge on any atom is -0.329 e. The number of hydrogen-bond donors (Lipinski definition) is 1. The SMILES string of the molecule is Cn1ccnc1SCC(=O)Nc1c[n+](N2CCCCC2)no1. The van der Waals surface area contributed by atoms with Crippen LogP contribution in [0, 0.1) is 0 Å². The normalized spacial score (nSPS) is 15.0. The first-order valence-corrected chi connectivity index (χ1v) is 8.25. The lowest BCUT2D eigenvalue weighted by Gasteiger charge is -2.17. The number of thioether (sulfide) groups is 1. The van der Waals surface area contributed by atoms with Crippen LogP contribution in [0.15, 0.2) is 28.3 Å². The average Bonchev–Trinajstić information content (AvgIpc) is 3.15. The third kappa shape index (κ3) is 3.59. The Morgan fingerprint density at radius 1 is 1.45 bits per heavy atom. The van der Waals surface area contributed by atoms with E-state index < -0.39 is 0 Å². The van der Waals surface area contributed by atoms with Crippen LogP contribution >= 0.6 is 11.8 Å². The fourth-order valence-corrected chi connectivity index (χ4v) is 3.04. The van der Waals surface area contributed by atoms with Gasteiger partial charge in [0.1, 0.15) is 0 Å². The van der Waals surface area contributed by atoms with Gasteiger partial charge in [0.2, 0.25) is 11.2 Å². The highest BCUT2D eigenvalue weighted by molar-refractivity contribution is 7.99. The number of nitrogens with zero attached hydrogens (tertiary/aromatic N) is 5. The molecule has 3 rings (SSSR count). The monoisotopic (exact) mass is 323 g/mol. The van der Waals surface area contributed by atoms with E-state index in [1.54, 1.807) is 17.2 Å². The summed E-state index contributed by atoms with van der Waals surface area (Å²) in [4.78, 5) is 17.8. The van der Waals surface area contributed by atoms with Gasteiger partial charge >= 0.3 is 5.88 Å². The molecule has 1 fully saturated rings. The highest BCUT2D eigenvalue weighted by Gasteiger charge is 2.23. The highest BCUT2D eigenvalue weighted by atomic mass is 32.2. The smallest absolute Gasteiger partial charge is 0.305 e. The largest absolute Gasteiger partial charge is 0.329 e. The number of anilines is 1. The molecule has 3 heterocycles. The summed E-state index contributed by atoms with van der Waals surface area (Å²) in [5, 5.41) is 9.56. The number of carbonyl (C=O) groups is 1. The Bertz CT molecular complexity index is 634. The number of amides is 1. The first-order valence-electron chi connectivity index (χ1n) is 7.26. The van der Waals surface area contributed by atoms with Gasteiger partial charge in [-0.2, -0.15) is 5.01 Å². The van der Waals surface area contributed by atoms with Gasteiger partial charge in [-0.1, -0.05) is 11.8 Å². The molecule has 1 amide bonds. The van der Waals surface area contributed by atoms with Crippen LogP contribution in [0.1, 0.15) is 19.3 Å². The number of imidazole rings is 1. The van der Waals surface area contributed by atoms with E-state index in [9.17, 15) is 4.79 Å². The van der Waals surface area contributed by atoms with Gasteiger partial charge in [-0.15, -0.1) is 0 Å². The molecule has 0 saturated carbocycles. The second-order valence-corrected chi connectivity index (χ2v) is 6.10. The van der Waals surface area contributed by atoms with Crippen LogP contribution < -0.4 is 15.1 Å². The molecule has 118 valence electrons. The molecule has 2 aromatic rings. The van der Waals surface area contributed by atoms with Crippen LogP contribution in [0.3, 0.4) is 0 Å². The van der Waals surface area contributed by atoms with Crippen molar-refractivity contribution in [3.63, 3.8) is 0 Å². The van der Waals surface area contributed by atoms with Crippen molar-refractivity contribution >= 4 is 23.6 Å². The van der Waals surface area contributed by atoms with E-state index in [2.05, 4.69) is 20.6 Å². The van der Waals surface area contributed by atoms with Gasteiger partial charge in [-0.05, 0) is 19.3 Å². The van der Waals surface area contributed by atoms with Crippen molar-refractivity contribution in [3.8, 4) is 0 Å². The lowest BCUT2D eigenvalue weighted by atomic mass is 10.2. The second-order valence-electron chi connectivity index (χ2n) is 5.16. The Balaban J connectivity index is 1.51. The summed E-state index contributed by atoms with van der Waals surface area (Å²) in [7, 11) is 1.89. The van der Waals surface area contributed by atoms with Crippen molar-refractivity contribution < 1.29 is 14.1 Å². The maximum absolute atomic E-state index is 11.9. The minimum atomic E-state index is -0.144. The van der Waals surface area contributed by atoms with E-state index in [1.165, 1.54) is 18.2 Å². The van der Waals surface area contributed by atoms with E-state index in [0.29, 0.717) is 5.88 Å². The van der Waals surface area contributed by atoms with Crippen LogP contribution in [0.25, 0.3) is 0 Å². The summed E-state index contributed by atoms with van der Waals surface area (Å²) in [6.45, 7) is 1.92. The Morgan fingerprint density at radius 3 is 3.00 bits per heavy atom. The molecule has 0 unspecified atom stereocenters. The number of piperidine rings is 1. The number of rotatable bonds is 5. The summed E-state index contributed by atoms with van der Waals surface area (Å²) in [5.74, 6) is 0.487. The number of carbonyl (C=O) groups excluding carboxylic acids is 1. The summed E-state index contributed by atoms with van der Waals surface area (Å²) < 4.78 is 7.03. The number of aromatic nitrogens is 4. The third-order valence-electron chi connectivity index (χ3n) is 3.45. The van der Waals surface area contributed by atoms with Gasteiger partial charge < -0.3 is 4.57 Å². The van der Waals surface area contributed by atoms with Crippen molar-refractivity contribution in [2.24, 2.45) is 7.05 Å². The Hall–Kier alpha value is -2.03. The number of nitrogens with one attached hydrogen (secondary N) is 1. The average molecular weight is 323 g/mol. The Kier molecular flexibility index (Phi) is 4.62. The van der Waals surface area contributed by atoms with Crippen molar-refractivity contribution in [1.82, 2.24) is 14.8 Å². The van der Waals surface area contributed by atoms with Gasteiger partial charge in [0, 0.05) is 19.4 Å². The van der Waals surface area contributed by atoms with Crippen molar-refractivity contribution in [1.29, 1.82) is 0 Å². The van der Waals surface area contributed by atoms with E-state index >= 15 is 0 Å². The first kappa shape index (κ1) is 14.9. The van der Waals surface area contributed by atoms with E-state index in [1.807, 2.05) is 17.8 Å². The quantitative estimate of drug-likeness (QED) is 0.639. The number of hydrogen-bond acceptors (Lipinski definition) is 6. The molecule has 1 saturated heterocycles. The molecule has 2 aromatic heterocycles. The second kappa shape index (κ2) is 6.82. The molecule has 0 bridgehead atoms. The molecule has 1 aliphatic heterocycles. The molecule has 9 heteroatoms. The zero-order chi connectivity index (χ0) is 15.4. The standard InChI is InChI=1S/C13H18N6O2S/c1-17-8-5-14-13(17)22-10-11(20)15-12-9-19(16-21-12)18-6-3-2-4-7-18/h5,8-9H,2-4,6-7,10H2,1H3/p+1. The Morgan fingerprint density at radius 2 is 2.27 bits per heavy atom. The first-order chi connectivity index (χ1) is 10.7. The topological polar surface area (TPSA) is 80.1 Å². The summed E-state index contributed by atoms with van der Waals surface area (Å²) in [5.41, 5.74) is 0. The van der Waals surface area contributed by atoms with E-state index in [-0.39, 0.29) is 11.7 Å². The zero-order valence-corrected chi connectivity index (χ0v) is 13.3. The van der Waals surface area contributed by atoms with E-state index in [4.69, 9.17) is 4.52 Å². The molecule has 0 radical (unpaired) electrons. The molecule has 1 N–H and O–H groups in total. The molecule has 0 spiro atoms. The van der Waals surface area contributed by atoms with Crippen molar-refractivity contribution in [2.45, 2.75) is 24.4 Å². The molecule has 0 aromatic carbocycles. The highest BCUT2D eigenvalue weighted by Crippen LogP contribution is 2.14. The maximum Gasteiger partial charge on any atom is 0.305 e. The van der Waals surface area contributed by atoms with E-state index in [0.717, 1.165) is 31.1 Å². The van der Waals surface area contributed by atoms with Gasteiger partial charge in [-0.3, -0.25) is 14.6 Å². The fourth-order valence-electron chi connectivity index (χ4n) is 2.30. The lowest BCUT2D eigenvalue weighted by molar-refractivity contribution is -0.759. The van der Waals surface area contributed by atoms with Crippen LogP contribution in [0.2, 0.25) is 0 Å². The van der Waals surface area contributed by atoms with Gasteiger partial charge in [0.05, 0.1) is 23.6 Å². The van der Waals surface area contributed by atoms with Crippen molar-refractivity contribution in [3.05, 3.63) is 18.6 Å². The Labute approximate surface area is 132 Å². The zero-order valence-electron chi connectivity index (χ0n) is 12.4. The predicted molar refractivity (Wildman–Crippen MR) is 81.1 cm³/mol. The lowest BCUT2D eigenvalue weighted by Crippen LogP contribution is -2.60. The van der Waals surface area contributed by atoms with Gasteiger partial charge in [0.15, 0.2) is 5.16 Å². The molecular weight excluding hydrogens is 304 g/mol. The molecule has 1 aliphatic rings. The van der Waals surface area contributed by atoms with Crippen LogP contribution in [0.4, 0.5) is 5.88 Å². The van der Waals surface area contributed by atoms with Crippen LogP contribution in [0.5, 0.6) is 0 Å². The summed E-state index contributed by atoms with van der Waals surface area (Å²) >= 11 is 1.38. The molecule has 0 atom stereocenters. The summed E-state index contributed by atoms with van der Waals surface area (Å²) in [6.07, 6.45) is 8.82. The minimum absolute atomic E-state index is 0.144. The third-order valence-corrected chi connectivity index (χ3v) is 4.51. The maximum atomic E-state index is 11.9. The molecular formula is C13H19N6O2S+.